The highest BCUT2D eigenvalue weighted by Gasteiger charge is 2.25. The van der Waals surface area contributed by atoms with E-state index in [2.05, 4.69) is 4.98 Å². The summed E-state index contributed by atoms with van der Waals surface area (Å²) >= 11 is 5.79. The second-order valence-electron chi connectivity index (χ2n) is 4.82. The maximum absolute atomic E-state index is 12.4. The van der Waals surface area contributed by atoms with Crippen molar-refractivity contribution in [3.05, 3.63) is 63.9 Å². The number of halogens is 1. The van der Waals surface area contributed by atoms with Crippen molar-refractivity contribution in [1.29, 1.82) is 0 Å². The van der Waals surface area contributed by atoms with E-state index in [9.17, 15) is 9.59 Å². The highest BCUT2D eigenvalue weighted by atomic mass is 35.5. The minimum atomic E-state index is -0.969. The molecule has 0 atom stereocenters. The Kier molecular flexibility index (Phi) is 3.35. The summed E-state index contributed by atoms with van der Waals surface area (Å²) in [5, 5.41) is 9.27. The summed E-state index contributed by atoms with van der Waals surface area (Å²) in [4.78, 5) is 28.9. The van der Waals surface area contributed by atoms with E-state index in [0.29, 0.717) is 18.7 Å². The van der Waals surface area contributed by atoms with E-state index < -0.39 is 5.97 Å². The first-order valence-corrected chi connectivity index (χ1v) is 6.68. The molecule has 1 aromatic carbocycles. The van der Waals surface area contributed by atoms with Gasteiger partial charge in [0.15, 0.2) is 0 Å². The van der Waals surface area contributed by atoms with Crippen LogP contribution >= 0.6 is 11.6 Å². The molecule has 1 N–H and O–H groups in total. The summed E-state index contributed by atoms with van der Waals surface area (Å²) in [5.41, 5.74) is 2.54. The lowest BCUT2D eigenvalue weighted by atomic mass is 10.1. The van der Waals surface area contributed by atoms with E-state index in [1.807, 2.05) is 0 Å². The molecule has 106 valence electrons. The minimum Gasteiger partial charge on any atom is -0.478 e. The largest absolute Gasteiger partial charge is 0.478 e. The SMILES string of the molecule is O=C(O)c1ccc2c(c1)CN(C(=O)c1ccnc(Cl)c1)C2. The summed E-state index contributed by atoms with van der Waals surface area (Å²) in [6.07, 6.45) is 1.49. The summed E-state index contributed by atoms with van der Waals surface area (Å²) in [5.74, 6) is -1.11. The van der Waals surface area contributed by atoms with Gasteiger partial charge in [0, 0.05) is 24.8 Å². The van der Waals surface area contributed by atoms with Crippen molar-refractivity contribution in [2.24, 2.45) is 0 Å². The summed E-state index contributed by atoms with van der Waals surface area (Å²) in [6, 6.07) is 8.06. The van der Waals surface area contributed by atoms with E-state index in [1.165, 1.54) is 12.3 Å². The molecular weight excluding hydrogens is 292 g/mol. The number of carboxylic acid groups (broad SMARTS) is 1. The molecule has 0 saturated heterocycles. The van der Waals surface area contributed by atoms with Gasteiger partial charge in [-0.2, -0.15) is 0 Å². The second kappa shape index (κ2) is 5.18. The van der Waals surface area contributed by atoms with Gasteiger partial charge in [0.05, 0.1) is 5.56 Å². The topological polar surface area (TPSA) is 70.5 Å². The van der Waals surface area contributed by atoms with Crippen molar-refractivity contribution >= 4 is 23.5 Å². The molecule has 3 rings (SSSR count). The molecule has 0 fully saturated rings. The van der Waals surface area contributed by atoms with Crippen LogP contribution in [-0.4, -0.2) is 26.9 Å². The van der Waals surface area contributed by atoms with Crippen molar-refractivity contribution in [2.45, 2.75) is 13.1 Å². The van der Waals surface area contributed by atoms with Gasteiger partial charge in [0.2, 0.25) is 0 Å². The lowest BCUT2D eigenvalue weighted by Gasteiger charge is -2.15. The van der Waals surface area contributed by atoms with E-state index in [4.69, 9.17) is 16.7 Å². The van der Waals surface area contributed by atoms with E-state index in [-0.39, 0.29) is 16.6 Å². The van der Waals surface area contributed by atoms with Gasteiger partial charge in [-0.3, -0.25) is 4.79 Å². The Hall–Kier alpha value is -2.40. The van der Waals surface area contributed by atoms with E-state index >= 15 is 0 Å². The maximum Gasteiger partial charge on any atom is 0.335 e. The van der Waals surface area contributed by atoms with Gasteiger partial charge in [0.1, 0.15) is 5.15 Å². The van der Waals surface area contributed by atoms with Crippen LogP contribution in [0.4, 0.5) is 0 Å². The van der Waals surface area contributed by atoms with Gasteiger partial charge < -0.3 is 10.0 Å². The number of nitrogens with zero attached hydrogens (tertiary/aromatic N) is 2. The third-order valence-corrected chi connectivity index (χ3v) is 3.64. The molecule has 0 unspecified atom stereocenters. The van der Waals surface area contributed by atoms with Gasteiger partial charge >= 0.3 is 5.97 Å². The highest BCUT2D eigenvalue weighted by Crippen LogP contribution is 2.25. The van der Waals surface area contributed by atoms with Crippen LogP contribution < -0.4 is 0 Å². The molecule has 0 saturated carbocycles. The summed E-state index contributed by atoms with van der Waals surface area (Å²) in [7, 11) is 0. The van der Waals surface area contributed by atoms with E-state index in [1.54, 1.807) is 29.2 Å². The molecule has 5 nitrogen and oxygen atoms in total. The van der Waals surface area contributed by atoms with Gasteiger partial charge in [-0.1, -0.05) is 17.7 Å². The molecule has 0 bridgehead atoms. The molecule has 0 aliphatic carbocycles. The molecule has 6 heteroatoms. The zero-order valence-corrected chi connectivity index (χ0v) is 11.7. The number of rotatable bonds is 2. The zero-order chi connectivity index (χ0) is 15.0. The van der Waals surface area contributed by atoms with Crippen LogP contribution in [0, 0.1) is 0 Å². The molecule has 1 amide bonds. The number of fused-ring (bicyclic) bond motifs is 1. The molecule has 1 aromatic heterocycles. The van der Waals surface area contributed by atoms with Crippen LogP contribution in [0.3, 0.4) is 0 Å². The summed E-state index contributed by atoms with van der Waals surface area (Å²) < 4.78 is 0. The molecular formula is C15H11ClN2O3. The van der Waals surface area contributed by atoms with Crippen molar-refractivity contribution in [1.82, 2.24) is 9.88 Å². The van der Waals surface area contributed by atoms with Gasteiger partial charge in [-0.25, -0.2) is 9.78 Å². The third-order valence-electron chi connectivity index (χ3n) is 3.44. The average Bonchev–Trinajstić information content (AvgIpc) is 2.89. The first-order valence-electron chi connectivity index (χ1n) is 6.30. The fourth-order valence-corrected chi connectivity index (χ4v) is 2.56. The van der Waals surface area contributed by atoms with Gasteiger partial charge in [-0.05, 0) is 35.4 Å². The number of pyridine rings is 1. The fraction of sp³-hybridized carbons (Fsp3) is 0.133. The number of aromatic carboxylic acids is 1. The van der Waals surface area contributed by atoms with Crippen LogP contribution in [0.2, 0.25) is 5.15 Å². The average molecular weight is 303 g/mol. The van der Waals surface area contributed by atoms with Crippen LogP contribution in [-0.2, 0) is 13.1 Å². The predicted molar refractivity (Wildman–Crippen MR) is 76.2 cm³/mol. The Morgan fingerprint density at radius 3 is 2.57 bits per heavy atom. The zero-order valence-electron chi connectivity index (χ0n) is 10.9. The lowest BCUT2D eigenvalue weighted by molar-refractivity contribution is 0.0696. The van der Waals surface area contributed by atoms with E-state index in [0.717, 1.165) is 11.1 Å². The van der Waals surface area contributed by atoms with Crippen molar-refractivity contribution in [3.63, 3.8) is 0 Å². The summed E-state index contributed by atoms with van der Waals surface area (Å²) in [6.45, 7) is 0.864. The van der Waals surface area contributed by atoms with Crippen molar-refractivity contribution < 1.29 is 14.7 Å². The maximum atomic E-state index is 12.4. The molecule has 2 heterocycles. The number of carbonyl (C=O) groups excluding carboxylic acids is 1. The monoisotopic (exact) mass is 302 g/mol. The number of carboxylic acids is 1. The predicted octanol–water partition coefficient (Wildman–Crippen LogP) is 2.59. The Labute approximate surface area is 125 Å². The van der Waals surface area contributed by atoms with Crippen LogP contribution in [0.1, 0.15) is 31.8 Å². The Morgan fingerprint density at radius 1 is 1.10 bits per heavy atom. The first kappa shape index (κ1) is 13.6. The number of benzene rings is 1. The Bertz CT molecular complexity index is 745. The number of hydrogen-bond acceptors (Lipinski definition) is 3. The fourth-order valence-electron chi connectivity index (χ4n) is 2.39. The highest BCUT2D eigenvalue weighted by molar-refractivity contribution is 6.29. The number of aromatic nitrogens is 1. The first-order chi connectivity index (χ1) is 10.0. The lowest BCUT2D eigenvalue weighted by Crippen LogP contribution is -2.25. The Morgan fingerprint density at radius 2 is 1.86 bits per heavy atom. The van der Waals surface area contributed by atoms with Crippen LogP contribution in [0.15, 0.2) is 36.5 Å². The molecule has 21 heavy (non-hydrogen) atoms. The second-order valence-corrected chi connectivity index (χ2v) is 5.20. The standard InChI is InChI=1S/C15H11ClN2O3/c16-13-6-9(3-4-17-13)14(19)18-7-11-2-1-10(15(20)21)5-12(11)8-18/h1-6H,7-8H2,(H,20,21). The molecule has 1 aliphatic heterocycles. The minimum absolute atomic E-state index is 0.146. The third kappa shape index (κ3) is 2.60. The van der Waals surface area contributed by atoms with Crippen LogP contribution in [0.5, 0.6) is 0 Å². The van der Waals surface area contributed by atoms with Gasteiger partial charge in [0.25, 0.3) is 5.91 Å². The molecule has 0 spiro atoms. The smallest absolute Gasteiger partial charge is 0.335 e. The number of amides is 1. The normalized spacial score (nSPS) is 13.1. The molecule has 2 aromatic rings. The Balaban J connectivity index is 1.84. The van der Waals surface area contributed by atoms with Gasteiger partial charge in [-0.15, -0.1) is 0 Å². The van der Waals surface area contributed by atoms with Crippen molar-refractivity contribution in [2.75, 3.05) is 0 Å². The van der Waals surface area contributed by atoms with Crippen LogP contribution in [0.25, 0.3) is 0 Å². The number of carbonyl (C=O) groups is 2. The molecule has 1 aliphatic rings. The van der Waals surface area contributed by atoms with Crippen molar-refractivity contribution in [3.8, 4) is 0 Å². The molecule has 0 radical (unpaired) electrons. The quantitative estimate of drug-likeness (QED) is 0.866. The number of hydrogen-bond donors (Lipinski definition) is 1.